The Bertz CT molecular complexity index is 1400. The molecule has 4 amide bonds. The zero-order chi connectivity index (χ0) is 25.2. The van der Waals surface area contributed by atoms with E-state index in [-0.39, 0.29) is 12.4 Å². The van der Waals surface area contributed by atoms with Gasteiger partial charge in [0, 0.05) is 0 Å². The molecular weight excluding hydrogens is 575 g/mol. The molecule has 2 heterocycles. The number of halogens is 1. The Balaban J connectivity index is 1.33. The van der Waals surface area contributed by atoms with E-state index in [0.29, 0.717) is 35.1 Å². The van der Waals surface area contributed by atoms with Gasteiger partial charge in [0.25, 0.3) is 11.8 Å². The van der Waals surface area contributed by atoms with E-state index in [1.807, 2.05) is 37.3 Å². The first-order valence-corrected chi connectivity index (χ1v) is 12.3. The van der Waals surface area contributed by atoms with Crippen molar-refractivity contribution in [3.8, 4) is 17.2 Å². The van der Waals surface area contributed by atoms with Gasteiger partial charge in [-0.2, -0.15) is 0 Å². The van der Waals surface area contributed by atoms with E-state index in [1.165, 1.54) is 6.08 Å². The summed E-state index contributed by atoms with van der Waals surface area (Å²) in [6, 6.07) is 17.3. The number of amides is 4. The lowest BCUT2D eigenvalue weighted by molar-refractivity contribution is -0.122. The number of carbonyl (C=O) groups is 3. The van der Waals surface area contributed by atoms with E-state index in [2.05, 4.69) is 27.9 Å². The van der Waals surface area contributed by atoms with E-state index >= 15 is 0 Å². The normalized spacial score (nSPS) is 15.9. The van der Waals surface area contributed by atoms with Gasteiger partial charge >= 0.3 is 6.03 Å². The Hall–Kier alpha value is -3.86. The van der Waals surface area contributed by atoms with Crippen molar-refractivity contribution in [1.82, 2.24) is 5.32 Å². The minimum atomic E-state index is -0.770. The lowest BCUT2D eigenvalue weighted by atomic mass is 10.1. The van der Waals surface area contributed by atoms with Gasteiger partial charge in [-0.1, -0.05) is 31.2 Å². The van der Waals surface area contributed by atoms with Gasteiger partial charge in [-0.3, -0.25) is 14.9 Å². The summed E-state index contributed by atoms with van der Waals surface area (Å²) in [4.78, 5) is 39.0. The quantitative estimate of drug-likeness (QED) is 0.249. The van der Waals surface area contributed by atoms with Gasteiger partial charge in [-0.25, -0.2) is 9.69 Å². The standard InChI is InChI=1S/C27H21IN2O6/c1-2-16-3-7-19(8-4-16)30-26(32)20(25(31)29-27(30)33)11-17-5-9-22(21(28)12-17)34-14-18-6-10-23-24(13-18)36-15-35-23/h3-13H,2,14-15H2,1H3,(H,29,31,33)/b20-11-. The van der Waals surface area contributed by atoms with Crippen LogP contribution >= 0.6 is 22.6 Å². The highest BCUT2D eigenvalue weighted by molar-refractivity contribution is 14.1. The fourth-order valence-corrected chi connectivity index (χ4v) is 4.55. The van der Waals surface area contributed by atoms with Crippen molar-refractivity contribution in [3.63, 3.8) is 0 Å². The molecular formula is C27H21IN2O6. The van der Waals surface area contributed by atoms with Gasteiger partial charge in [-0.05, 0) is 88.2 Å². The summed E-state index contributed by atoms with van der Waals surface area (Å²) in [7, 11) is 0. The number of carbonyl (C=O) groups excluding carboxylic acids is 3. The summed E-state index contributed by atoms with van der Waals surface area (Å²) >= 11 is 2.14. The van der Waals surface area contributed by atoms with E-state index in [9.17, 15) is 14.4 Å². The van der Waals surface area contributed by atoms with Crippen LogP contribution in [0.3, 0.4) is 0 Å². The Morgan fingerprint density at radius 1 is 0.972 bits per heavy atom. The average molecular weight is 596 g/mol. The fourth-order valence-electron chi connectivity index (χ4n) is 3.86. The first kappa shape index (κ1) is 23.9. The number of nitrogens with zero attached hydrogens (tertiary/aromatic N) is 1. The Morgan fingerprint density at radius 2 is 1.72 bits per heavy atom. The van der Waals surface area contributed by atoms with Crippen LogP contribution in [-0.2, 0) is 22.6 Å². The lowest BCUT2D eigenvalue weighted by Gasteiger charge is -2.26. The minimum Gasteiger partial charge on any atom is -0.488 e. The number of benzene rings is 3. The number of rotatable bonds is 6. The number of nitrogens with one attached hydrogen (secondary N) is 1. The predicted molar refractivity (Wildman–Crippen MR) is 141 cm³/mol. The van der Waals surface area contributed by atoms with Crippen LogP contribution in [0.15, 0.2) is 66.2 Å². The van der Waals surface area contributed by atoms with Gasteiger partial charge < -0.3 is 14.2 Å². The Morgan fingerprint density at radius 3 is 2.47 bits per heavy atom. The molecule has 1 saturated heterocycles. The average Bonchev–Trinajstić information content (AvgIpc) is 3.34. The molecule has 3 aromatic carbocycles. The molecule has 0 aliphatic carbocycles. The SMILES string of the molecule is CCc1ccc(N2C(=O)NC(=O)/C(=C/c3ccc(OCc4ccc5c(c4)OCO5)c(I)c3)C2=O)cc1. The molecule has 3 aromatic rings. The van der Waals surface area contributed by atoms with Crippen molar-refractivity contribution in [2.24, 2.45) is 0 Å². The van der Waals surface area contributed by atoms with Crippen molar-refractivity contribution in [3.05, 3.63) is 86.5 Å². The predicted octanol–water partition coefficient (Wildman–Crippen LogP) is 4.83. The van der Waals surface area contributed by atoms with E-state index < -0.39 is 17.8 Å². The monoisotopic (exact) mass is 596 g/mol. The molecule has 36 heavy (non-hydrogen) atoms. The molecule has 0 atom stereocenters. The second-order valence-electron chi connectivity index (χ2n) is 8.14. The van der Waals surface area contributed by atoms with Gasteiger partial charge in [0.1, 0.15) is 17.9 Å². The van der Waals surface area contributed by atoms with Crippen LogP contribution in [0, 0.1) is 3.57 Å². The van der Waals surface area contributed by atoms with Crippen molar-refractivity contribution < 1.29 is 28.6 Å². The van der Waals surface area contributed by atoms with Crippen molar-refractivity contribution in [2.75, 3.05) is 11.7 Å². The maximum atomic E-state index is 13.1. The zero-order valence-electron chi connectivity index (χ0n) is 19.2. The number of barbiturate groups is 1. The molecule has 2 aliphatic rings. The van der Waals surface area contributed by atoms with E-state index in [0.717, 1.165) is 26.0 Å². The number of hydrogen-bond acceptors (Lipinski definition) is 6. The number of urea groups is 1. The zero-order valence-corrected chi connectivity index (χ0v) is 21.4. The molecule has 0 bridgehead atoms. The number of ether oxygens (including phenoxy) is 3. The highest BCUT2D eigenvalue weighted by Gasteiger charge is 2.36. The van der Waals surface area contributed by atoms with Gasteiger partial charge in [0.05, 0.1) is 9.26 Å². The molecule has 0 spiro atoms. The van der Waals surface area contributed by atoms with Crippen molar-refractivity contribution >= 4 is 52.2 Å². The summed E-state index contributed by atoms with van der Waals surface area (Å²) in [6.45, 7) is 2.57. The van der Waals surface area contributed by atoms with Crippen LogP contribution in [0.2, 0.25) is 0 Å². The molecule has 0 saturated carbocycles. The minimum absolute atomic E-state index is 0.126. The number of anilines is 1. The molecule has 1 fully saturated rings. The third-order valence-electron chi connectivity index (χ3n) is 5.80. The summed E-state index contributed by atoms with van der Waals surface area (Å²) in [5.74, 6) is 0.653. The van der Waals surface area contributed by atoms with Crippen LogP contribution in [0.5, 0.6) is 17.2 Å². The molecule has 0 aromatic heterocycles. The Kier molecular flexibility index (Phi) is 6.64. The van der Waals surface area contributed by atoms with Crippen LogP contribution in [0.4, 0.5) is 10.5 Å². The van der Waals surface area contributed by atoms with E-state index in [1.54, 1.807) is 30.3 Å². The molecule has 182 valence electrons. The molecule has 0 unspecified atom stereocenters. The van der Waals surface area contributed by atoms with E-state index in [4.69, 9.17) is 14.2 Å². The van der Waals surface area contributed by atoms with Crippen LogP contribution in [0.1, 0.15) is 23.6 Å². The second-order valence-corrected chi connectivity index (χ2v) is 9.31. The maximum Gasteiger partial charge on any atom is 0.335 e. The highest BCUT2D eigenvalue weighted by atomic mass is 127. The van der Waals surface area contributed by atoms with Crippen molar-refractivity contribution in [1.29, 1.82) is 0 Å². The highest BCUT2D eigenvalue weighted by Crippen LogP contribution is 2.33. The fraction of sp³-hybridized carbons (Fsp3) is 0.148. The van der Waals surface area contributed by atoms with Gasteiger partial charge in [-0.15, -0.1) is 0 Å². The topological polar surface area (TPSA) is 94.2 Å². The second kappa shape index (κ2) is 10.0. The summed E-state index contributed by atoms with van der Waals surface area (Å²) in [5.41, 5.74) is 2.91. The third-order valence-corrected chi connectivity index (χ3v) is 6.65. The molecule has 1 N–H and O–H groups in total. The smallest absolute Gasteiger partial charge is 0.335 e. The summed E-state index contributed by atoms with van der Waals surface area (Å²) in [6.07, 6.45) is 2.31. The van der Waals surface area contributed by atoms with Crippen LogP contribution in [0.25, 0.3) is 6.08 Å². The first-order valence-electron chi connectivity index (χ1n) is 11.2. The first-order chi connectivity index (χ1) is 17.4. The molecule has 0 radical (unpaired) electrons. The number of imide groups is 2. The molecule has 5 rings (SSSR count). The van der Waals surface area contributed by atoms with Crippen LogP contribution < -0.4 is 24.4 Å². The molecule has 9 heteroatoms. The van der Waals surface area contributed by atoms with Gasteiger partial charge in [0.15, 0.2) is 11.5 Å². The third kappa shape index (κ3) is 4.78. The number of aryl methyl sites for hydroxylation is 1. The lowest BCUT2D eigenvalue weighted by Crippen LogP contribution is -2.54. The number of hydrogen-bond donors (Lipinski definition) is 1. The summed E-state index contributed by atoms with van der Waals surface area (Å²) in [5, 5.41) is 2.25. The summed E-state index contributed by atoms with van der Waals surface area (Å²) < 4.78 is 17.5. The Labute approximate surface area is 221 Å². The maximum absolute atomic E-state index is 13.1. The largest absolute Gasteiger partial charge is 0.488 e. The van der Waals surface area contributed by atoms with Gasteiger partial charge in [0.2, 0.25) is 6.79 Å². The molecule has 2 aliphatic heterocycles. The van der Waals surface area contributed by atoms with Crippen molar-refractivity contribution in [2.45, 2.75) is 20.0 Å². The van der Waals surface area contributed by atoms with Crippen LogP contribution in [-0.4, -0.2) is 24.6 Å². The number of fused-ring (bicyclic) bond motifs is 1. The molecule has 8 nitrogen and oxygen atoms in total.